The second-order valence-corrected chi connectivity index (χ2v) is 7.39. The van der Waals surface area contributed by atoms with Gasteiger partial charge in [-0.05, 0) is 49.8 Å². The van der Waals surface area contributed by atoms with E-state index in [1.165, 1.54) is 43.5 Å². The largest absolute Gasteiger partial charge is 0.507 e. The lowest BCUT2D eigenvalue weighted by molar-refractivity contribution is -0.152. The summed E-state index contributed by atoms with van der Waals surface area (Å²) in [4.78, 5) is 15.0. The number of hydrogen-bond donors (Lipinski definition) is 1. The van der Waals surface area contributed by atoms with Crippen LogP contribution < -0.4 is 10.2 Å². The van der Waals surface area contributed by atoms with Crippen molar-refractivity contribution in [1.82, 2.24) is 4.90 Å². The Bertz CT molecular complexity index is 1120. The van der Waals surface area contributed by atoms with Crippen LogP contribution in [0.1, 0.15) is 31.1 Å². The second-order valence-electron chi connectivity index (χ2n) is 7.39. The molecule has 0 spiro atoms. The first-order valence-corrected chi connectivity index (χ1v) is 9.89. The zero-order valence-corrected chi connectivity index (χ0v) is 17.5. The molecule has 8 heteroatoms. The number of benzene rings is 2. The lowest BCUT2D eigenvalue weighted by Gasteiger charge is -2.19. The molecule has 0 aliphatic heterocycles. The maximum Gasteiger partial charge on any atom is 0.450 e. The van der Waals surface area contributed by atoms with Gasteiger partial charge in [0.2, 0.25) is 11.2 Å². The predicted octanol–water partition coefficient (Wildman–Crippen LogP) is 5.42. The van der Waals surface area contributed by atoms with Gasteiger partial charge in [0.15, 0.2) is 0 Å². The molecule has 0 amide bonds. The summed E-state index contributed by atoms with van der Waals surface area (Å²) in [5, 5.41) is 10.3. The van der Waals surface area contributed by atoms with Crippen LogP contribution in [-0.2, 0) is 12.7 Å². The van der Waals surface area contributed by atoms with Gasteiger partial charge in [0, 0.05) is 6.54 Å². The summed E-state index contributed by atoms with van der Waals surface area (Å²) in [6.07, 6.45) is -3.06. The summed E-state index contributed by atoms with van der Waals surface area (Å²) in [7, 11) is 3.23. The van der Waals surface area contributed by atoms with Crippen molar-refractivity contribution in [2.75, 3.05) is 20.7 Å². The lowest BCUT2D eigenvalue weighted by atomic mass is 10.00. The highest BCUT2D eigenvalue weighted by molar-refractivity contribution is 5.86. The van der Waals surface area contributed by atoms with Crippen LogP contribution in [0.15, 0.2) is 45.6 Å². The zero-order valence-electron chi connectivity index (χ0n) is 17.5. The van der Waals surface area contributed by atoms with E-state index in [1.807, 2.05) is 11.8 Å². The first-order chi connectivity index (χ1) is 14.7. The van der Waals surface area contributed by atoms with Gasteiger partial charge in [-0.15, -0.1) is 0 Å². The highest BCUT2D eigenvalue weighted by Crippen LogP contribution is 2.39. The van der Waals surface area contributed by atoms with Gasteiger partial charge in [0.1, 0.15) is 17.1 Å². The summed E-state index contributed by atoms with van der Waals surface area (Å²) in [6, 6.07) is 8.32. The van der Waals surface area contributed by atoms with Crippen LogP contribution in [0.5, 0.6) is 11.5 Å². The van der Waals surface area contributed by atoms with E-state index in [2.05, 4.69) is 0 Å². The number of unbranched alkanes of at least 4 members (excludes halogenated alkanes) is 1. The first-order valence-electron chi connectivity index (χ1n) is 9.89. The van der Waals surface area contributed by atoms with Crippen molar-refractivity contribution in [3.8, 4) is 22.6 Å². The number of ether oxygens (including phenoxy) is 1. The van der Waals surface area contributed by atoms with Crippen LogP contribution in [0.3, 0.4) is 0 Å². The highest BCUT2D eigenvalue weighted by Gasteiger charge is 2.39. The summed E-state index contributed by atoms with van der Waals surface area (Å²) < 4.78 is 52.1. The molecule has 1 N–H and O–H groups in total. The van der Waals surface area contributed by atoms with Crippen LogP contribution in [0.25, 0.3) is 22.1 Å². The second kappa shape index (κ2) is 9.01. The Hall–Kier alpha value is -3.00. The van der Waals surface area contributed by atoms with Crippen molar-refractivity contribution in [1.29, 1.82) is 0 Å². The molecule has 1 aromatic heterocycles. The average molecular weight is 435 g/mol. The lowest BCUT2D eigenvalue weighted by Crippen LogP contribution is -2.20. The molecule has 0 aliphatic rings. The molecule has 0 saturated carbocycles. The van der Waals surface area contributed by atoms with E-state index in [9.17, 15) is 23.1 Å². The Morgan fingerprint density at radius 2 is 1.81 bits per heavy atom. The van der Waals surface area contributed by atoms with E-state index in [0.29, 0.717) is 12.3 Å². The molecular formula is C23H24F3NO4. The quantitative estimate of drug-likeness (QED) is 0.537. The van der Waals surface area contributed by atoms with Crippen molar-refractivity contribution in [3.63, 3.8) is 0 Å². The predicted molar refractivity (Wildman–Crippen MR) is 112 cm³/mol. The number of phenolic OH excluding ortho intramolecular Hbond substituents is 1. The molecule has 0 saturated heterocycles. The monoisotopic (exact) mass is 435 g/mol. The van der Waals surface area contributed by atoms with Gasteiger partial charge in [-0.3, -0.25) is 4.79 Å². The molecule has 3 aromatic rings. The van der Waals surface area contributed by atoms with Crippen molar-refractivity contribution in [2.24, 2.45) is 0 Å². The Balaban J connectivity index is 2.26. The number of rotatable bonds is 7. The number of halogens is 3. The Kier molecular flexibility index (Phi) is 6.59. The molecule has 5 nitrogen and oxygen atoms in total. The number of methoxy groups -OCH3 is 1. The van der Waals surface area contributed by atoms with Crippen molar-refractivity contribution in [2.45, 2.75) is 32.5 Å². The van der Waals surface area contributed by atoms with Gasteiger partial charge in [-0.2, -0.15) is 13.2 Å². The Labute approximate surface area is 177 Å². The standard InChI is InChI=1S/C23H24F3NO4/c1-4-5-12-27(2)13-17-18(28)11-10-16-20(29)19(14-6-8-15(30-3)9-7-14)22(23(24,25)26)31-21(16)17/h6-11,28H,4-5,12-13H2,1-3H3. The summed E-state index contributed by atoms with van der Waals surface area (Å²) in [6.45, 7) is 2.86. The van der Waals surface area contributed by atoms with Crippen LogP contribution in [-0.4, -0.2) is 30.7 Å². The van der Waals surface area contributed by atoms with E-state index < -0.39 is 22.9 Å². The van der Waals surface area contributed by atoms with Gasteiger partial charge in [-0.1, -0.05) is 25.5 Å². The molecule has 0 aliphatic carbocycles. The molecule has 31 heavy (non-hydrogen) atoms. The van der Waals surface area contributed by atoms with Gasteiger partial charge in [0.25, 0.3) is 0 Å². The van der Waals surface area contributed by atoms with Crippen molar-refractivity contribution >= 4 is 11.0 Å². The fraction of sp³-hybridized carbons (Fsp3) is 0.348. The third kappa shape index (κ3) is 4.69. The third-order valence-corrected chi connectivity index (χ3v) is 5.10. The topological polar surface area (TPSA) is 62.9 Å². The number of hydrogen-bond acceptors (Lipinski definition) is 5. The van der Waals surface area contributed by atoms with E-state index in [0.717, 1.165) is 12.8 Å². The Morgan fingerprint density at radius 3 is 2.39 bits per heavy atom. The van der Waals surface area contributed by atoms with Crippen LogP contribution in [0, 0.1) is 0 Å². The minimum atomic E-state index is -4.90. The van der Waals surface area contributed by atoms with Crippen molar-refractivity contribution < 1.29 is 27.4 Å². The smallest absolute Gasteiger partial charge is 0.450 e. The first kappa shape index (κ1) is 22.7. The fourth-order valence-electron chi connectivity index (χ4n) is 3.45. The number of nitrogens with zero attached hydrogens (tertiary/aromatic N) is 1. The van der Waals surface area contributed by atoms with Crippen LogP contribution >= 0.6 is 0 Å². The molecule has 0 bridgehead atoms. The van der Waals surface area contributed by atoms with Crippen LogP contribution in [0.2, 0.25) is 0 Å². The highest BCUT2D eigenvalue weighted by atomic mass is 19.4. The molecule has 0 fully saturated rings. The van der Waals surface area contributed by atoms with E-state index in [-0.39, 0.29) is 34.4 Å². The minimum absolute atomic E-state index is 0.0180. The van der Waals surface area contributed by atoms with Gasteiger partial charge < -0.3 is 19.2 Å². The number of fused-ring (bicyclic) bond motifs is 1. The third-order valence-electron chi connectivity index (χ3n) is 5.10. The molecule has 1 heterocycles. The maximum atomic E-state index is 13.9. The van der Waals surface area contributed by atoms with Gasteiger partial charge in [-0.25, -0.2) is 0 Å². The van der Waals surface area contributed by atoms with Gasteiger partial charge >= 0.3 is 6.18 Å². The molecule has 0 radical (unpaired) electrons. The molecular weight excluding hydrogens is 411 g/mol. The normalized spacial score (nSPS) is 12.0. The summed E-state index contributed by atoms with van der Waals surface area (Å²) >= 11 is 0. The molecule has 3 rings (SSSR count). The van der Waals surface area contributed by atoms with Crippen molar-refractivity contribution in [3.05, 3.63) is 57.9 Å². The minimum Gasteiger partial charge on any atom is -0.507 e. The summed E-state index contributed by atoms with van der Waals surface area (Å²) in [5.41, 5.74) is -1.41. The van der Waals surface area contributed by atoms with Crippen LogP contribution in [0.4, 0.5) is 13.2 Å². The summed E-state index contributed by atoms with van der Waals surface area (Å²) in [5.74, 6) is -1.16. The van der Waals surface area contributed by atoms with E-state index >= 15 is 0 Å². The SMILES string of the molecule is CCCCN(C)Cc1c(O)ccc2c(=O)c(-c3ccc(OC)cc3)c(C(F)(F)F)oc12. The molecule has 2 aromatic carbocycles. The fourth-order valence-corrected chi connectivity index (χ4v) is 3.45. The molecule has 166 valence electrons. The number of phenols is 1. The Morgan fingerprint density at radius 1 is 1.13 bits per heavy atom. The molecule has 0 atom stereocenters. The van der Waals surface area contributed by atoms with E-state index in [4.69, 9.17) is 9.15 Å². The number of alkyl halides is 3. The molecule has 0 unspecified atom stereocenters. The van der Waals surface area contributed by atoms with Gasteiger partial charge in [0.05, 0.1) is 23.6 Å². The average Bonchev–Trinajstić information content (AvgIpc) is 2.73. The van der Waals surface area contributed by atoms with E-state index in [1.54, 1.807) is 7.05 Å². The zero-order chi connectivity index (χ0) is 22.8. The maximum absolute atomic E-state index is 13.9. The number of aromatic hydroxyl groups is 1.